The van der Waals surface area contributed by atoms with Gasteiger partial charge in [0.1, 0.15) is 11.8 Å². The molecule has 1 unspecified atom stereocenters. The molecule has 2 heterocycles. The summed E-state index contributed by atoms with van der Waals surface area (Å²) in [7, 11) is 0. The van der Waals surface area contributed by atoms with Gasteiger partial charge in [0.15, 0.2) is 6.29 Å². The molecule has 0 spiro atoms. The van der Waals surface area contributed by atoms with Crippen molar-refractivity contribution in [2.45, 2.75) is 116 Å². The second kappa shape index (κ2) is 11.3. The Kier molecular flexibility index (Phi) is 8.97. The number of ether oxygens (including phenoxy) is 3. The van der Waals surface area contributed by atoms with Gasteiger partial charge in [-0.2, -0.15) is 0 Å². The minimum Gasteiger partial charge on any atom is -0.390 e. The third kappa shape index (κ3) is 5.18. The number of rotatable bonds is 12. The quantitative estimate of drug-likeness (QED) is 0.362. The predicted molar refractivity (Wildman–Crippen MR) is 120 cm³/mol. The summed E-state index contributed by atoms with van der Waals surface area (Å²) in [5.74, 6) is -0.236. The summed E-state index contributed by atoms with van der Waals surface area (Å²) in [6, 6.07) is -0.439. The minimum atomic E-state index is -0.778. The minimum absolute atomic E-state index is 0.0294. The van der Waals surface area contributed by atoms with Crippen molar-refractivity contribution in [3.05, 3.63) is 12.2 Å². The van der Waals surface area contributed by atoms with Crippen molar-refractivity contribution in [3.8, 4) is 0 Å². The highest BCUT2D eigenvalue weighted by Gasteiger charge is 2.66. The van der Waals surface area contributed by atoms with E-state index in [4.69, 9.17) is 14.2 Å². The van der Waals surface area contributed by atoms with E-state index in [9.17, 15) is 9.90 Å². The standard InChI is InChI=1S/C25H43NO5/c1-5-8-15-20(29-7-3)26-23(22(27)18-13-11-10-12-14-18)25(4)19(24(26)28)17-21(31-25)30-16-9-6-2/h11,13,18-23,27H,5-10,12,14-17H2,1-4H3/t18-,19-,20-,21+,22+,23?,25-/m0/s1. The molecule has 1 N–H and O–H groups in total. The number of allylic oxidation sites excluding steroid dienone is 1. The number of aliphatic hydroxyl groups excluding tert-OH is 1. The fourth-order valence-corrected chi connectivity index (χ4v) is 5.57. The highest BCUT2D eigenvalue weighted by molar-refractivity contribution is 5.84. The molecule has 7 atom stereocenters. The van der Waals surface area contributed by atoms with Crippen LogP contribution in [0.4, 0.5) is 0 Å². The van der Waals surface area contributed by atoms with Gasteiger partial charge in [0.2, 0.25) is 5.91 Å². The molecule has 1 aliphatic carbocycles. The van der Waals surface area contributed by atoms with Crippen LogP contribution in [0, 0.1) is 11.8 Å². The summed E-state index contributed by atoms with van der Waals surface area (Å²) in [6.07, 6.45) is 11.3. The summed E-state index contributed by atoms with van der Waals surface area (Å²) in [4.78, 5) is 15.6. The first-order valence-corrected chi connectivity index (χ1v) is 12.6. The van der Waals surface area contributed by atoms with E-state index in [1.807, 2.05) is 18.7 Å². The highest BCUT2D eigenvalue weighted by atomic mass is 16.7. The van der Waals surface area contributed by atoms with E-state index in [-0.39, 0.29) is 30.3 Å². The van der Waals surface area contributed by atoms with Crippen LogP contribution in [-0.4, -0.2) is 59.4 Å². The van der Waals surface area contributed by atoms with Gasteiger partial charge in [-0.1, -0.05) is 38.8 Å². The lowest BCUT2D eigenvalue weighted by Crippen LogP contribution is -2.58. The number of fused-ring (bicyclic) bond motifs is 1. The summed E-state index contributed by atoms with van der Waals surface area (Å²) in [6.45, 7) is 9.41. The Morgan fingerprint density at radius 3 is 2.71 bits per heavy atom. The van der Waals surface area contributed by atoms with E-state index in [0.717, 1.165) is 51.4 Å². The van der Waals surface area contributed by atoms with Crippen molar-refractivity contribution in [2.24, 2.45) is 11.8 Å². The number of aliphatic hydroxyl groups is 1. The molecule has 0 radical (unpaired) electrons. The molecule has 0 bridgehead atoms. The van der Waals surface area contributed by atoms with E-state index < -0.39 is 17.7 Å². The molecular weight excluding hydrogens is 394 g/mol. The largest absolute Gasteiger partial charge is 0.390 e. The Balaban J connectivity index is 1.88. The van der Waals surface area contributed by atoms with Gasteiger partial charge in [-0.3, -0.25) is 4.79 Å². The van der Waals surface area contributed by atoms with Crippen LogP contribution in [0.1, 0.15) is 85.5 Å². The molecule has 3 aliphatic rings. The van der Waals surface area contributed by atoms with Gasteiger partial charge in [0, 0.05) is 25.6 Å². The lowest BCUT2D eigenvalue weighted by molar-refractivity contribution is -0.202. The van der Waals surface area contributed by atoms with Crippen molar-refractivity contribution in [2.75, 3.05) is 13.2 Å². The third-order valence-corrected chi connectivity index (χ3v) is 7.27. The van der Waals surface area contributed by atoms with Crippen molar-refractivity contribution in [1.82, 2.24) is 4.90 Å². The van der Waals surface area contributed by atoms with Crippen molar-refractivity contribution >= 4 is 5.91 Å². The maximum Gasteiger partial charge on any atom is 0.231 e. The zero-order valence-corrected chi connectivity index (χ0v) is 19.9. The fraction of sp³-hybridized carbons (Fsp3) is 0.880. The third-order valence-electron chi connectivity index (χ3n) is 7.27. The van der Waals surface area contributed by atoms with Crippen LogP contribution in [0.5, 0.6) is 0 Å². The number of amides is 1. The lowest BCUT2D eigenvalue weighted by Gasteiger charge is -2.43. The number of carbonyl (C=O) groups excluding carboxylic acids is 1. The van der Waals surface area contributed by atoms with Crippen LogP contribution in [0.2, 0.25) is 0 Å². The molecule has 0 aromatic rings. The molecular formula is C25H43NO5. The van der Waals surface area contributed by atoms with Crippen LogP contribution in [0.3, 0.4) is 0 Å². The molecule has 3 rings (SSSR count). The van der Waals surface area contributed by atoms with Crippen LogP contribution in [-0.2, 0) is 19.0 Å². The second-order valence-corrected chi connectivity index (χ2v) is 9.50. The Morgan fingerprint density at radius 1 is 1.29 bits per heavy atom. The number of likely N-dealkylation sites (tertiary alicyclic amines) is 1. The van der Waals surface area contributed by atoms with Crippen molar-refractivity contribution in [1.29, 1.82) is 0 Å². The maximum atomic E-state index is 13.7. The van der Waals surface area contributed by atoms with Gasteiger partial charge < -0.3 is 24.2 Å². The molecule has 6 heteroatoms. The molecule has 0 aromatic heterocycles. The summed E-state index contributed by atoms with van der Waals surface area (Å²) in [5.41, 5.74) is -0.778. The smallest absolute Gasteiger partial charge is 0.231 e. The summed E-state index contributed by atoms with van der Waals surface area (Å²) >= 11 is 0. The van der Waals surface area contributed by atoms with Gasteiger partial charge >= 0.3 is 0 Å². The normalized spacial score (nSPS) is 34.9. The molecule has 0 saturated carbocycles. The Morgan fingerprint density at radius 2 is 2.06 bits per heavy atom. The second-order valence-electron chi connectivity index (χ2n) is 9.50. The lowest BCUT2D eigenvalue weighted by atomic mass is 9.78. The molecule has 2 aliphatic heterocycles. The molecule has 31 heavy (non-hydrogen) atoms. The zero-order valence-electron chi connectivity index (χ0n) is 19.9. The maximum absolute atomic E-state index is 13.7. The molecule has 6 nitrogen and oxygen atoms in total. The number of nitrogens with zero attached hydrogens (tertiary/aromatic N) is 1. The summed E-state index contributed by atoms with van der Waals surface area (Å²) in [5, 5.41) is 11.6. The van der Waals surface area contributed by atoms with Crippen LogP contribution in [0.25, 0.3) is 0 Å². The SMILES string of the molecule is CCCCO[C@H]1C[C@H]2C(=O)N([C@H](CCCC)OCC)C([C@H](O)[C@H]3C=CCCC3)[C@@]2(C)O1. The van der Waals surface area contributed by atoms with E-state index in [0.29, 0.717) is 19.6 Å². The fourth-order valence-electron chi connectivity index (χ4n) is 5.57. The molecule has 0 aromatic carbocycles. The number of carbonyl (C=O) groups is 1. The molecule has 2 fully saturated rings. The van der Waals surface area contributed by atoms with Gasteiger partial charge in [-0.25, -0.2) is 0 Å². The predicted octanol–water partition coefficient (Wildman–Crippen LogP) is 4.41. The van der Waals surface area contributed by atoms with Gasteiger partial charge in [0.25, 0.3) is 0 Å². The van der Waals surface area contributed by atoms with Gasteiger partial charge in [0.05, 0.1) is 18.1 Å². The Hall–Kier alpha value is -0.950. The van der Waals surface area contributed by atoms with Crippen molar-refractivity contribution in [3.63, 3.8) is 0 Å². The van der Waals surface area contributed by atoms with E-state index in [2.05, 4.69) is 26.0 Å². The summed E-state index contributed by atoms with van der Waals surface area (Å²) < 4.78 is 18.5. The Bertz CT molecular complexity index is 611. The van der Waals surface area contributed by atoms with Gasteiger partial charge in [-0.15, -0.1) is 0 Å². The number of hydrogen-bond acceptors (Lipinski definition) is 5. The Labute approximate surface area is 188 Å². The number of hydrogen-bond donors (Lipinski definition) is 1. The molecule has 2 saturated heterocycles. The average molecular weight is 438 g/mol. The molecule has 1 amide bonds. The first-order chi connectivity index (χ1) is 15.0. The first kappa shape index (κ1) is 24.7. The number of unbranched alkanes of at least 4 members (excludes halogenated alkanes) is 2. The van der Waals surface area contributed by atoms with Crippen LogP contribution < -0.4 is 0 Å². The van der Waals surface area contributed by atoms with E-state index in [1.165, 1.54) is 0 Å². The first-order valence-electron chi connectivity index (χ1n) is 12.6. The molecule has 178 valence electrons. The monoisotopic (exact) mass is 437 g/mol. The van der Waals surface area contributed by atoms with Crippen LogP contribution in [0.15, 0.2) is 12.2 Å². The highest BCUT2D eigenvalue weighted by Crippen LogP contribution is 2.50. The average Bonchev–Trinajstić information content (AvgIpc) is 3.21. The van der Waals surface area contributed by atoms with E-state index >= 15 is 0 Å². The van der Waals surface area contributed by atoms with Crippen molar-refractivity contribution < 1.29 is 24.1 Å². The van der Waals surface area contributed by atoms with Gasteiger partial charge in [-0.05, 0) is 52.4 Å². The zero-order chi connectivity index (χ0) is 22.4. The van der Waals surface area contributed by atoms with E-state index in [1.54, 1.807) is 0 Å². The topological polar surface area (TPSA) is 68.2 Å². The van der Waals surface area contributed by atoms with Crippen LogP contribution >= 0.6 is 0 Å².